The molecule has 3 aromatic rings. The monoisotopic (exact) mass is 370 g/mol. The number of nitrogens with zero attached hydrogens (tertiary/aromatic N) is 3. The van der Waals surface area contributed by atoms with Crippen LogP contribution in [-0.4, -0.2) is 52.2 Å². The molecule has 3 N–H and O–H groups in total. The molecule has 1 aromatic carbocycles. The molecule has 1 aliphatic heterocycles. The number of nitrogens with one attached hydrogen (secondary N) is 3. The summed E-state index contributed by atoms with van der Waals surface area (Å²) in [6.07, 6.45) is 0. The molecule has 0 radical (unpaired) electrons. The number of aromatic amines is 1. The van der Waals surface area contributed by atoms with Crippen molar-refractivity contribution in [1.29, 1.82) is 0 Å². The van der Waals surface area contributed by atoms with E-state index in [0.29, 0.717) is 22.7 Å². The Hall–Kier alpha value is -3.56. The molecule has 4 rings (SSSR count). The highest BCUT2D eigenvalue weighted by atomic mass is 16.5. The van der Waals surface area contributed by atoms with Crippen LogP contribution < -0.4 is 25.8 Å². The van der Waals surface area contributed by atoms with Gasteiger partial charge in [0.25, 0.3) is 5.91 Å². The highest BCUT2D eigenvalue weighted by Gasteiger charge is 2.16. The minimum Gasteiger partial charge on any atom is -0.484 e. The number of amides is 1. The number of ether oxygens (including phenoxy) is 2. The molecule has 0 saturated carbocycles. The van der Waals surface area contributed by atoms with E-state index in [2.05, 4.69) is 25.6 Å². The van der Waals surface area contributed by atoms with Gasteiger partial charge in [0.2, 0.25) is 0 Å². The van der Waals surface area contributed by atoms with Gasteiger partial charge in [0.1, 0.15) is 17.9 Å². The largest absolute Gasteiger partial charge is 0.484 e. The summed E-state index contributed by atoms with van der Waals surface area (Å²) >= 11 is 0. The molecule has 10 nitrogen and oxygen atoms in total. The van der Waals surface area contributed by atoms with Gasteiger partial charge >= 0.3 is 11.7 Å². The van der Waals surface area contributed by atoms with Gasteiger partial charge in [0.15, 0.2) is 18.1 Å². The van der Waals surface area contributed by atoms with Gasteiger partial charge in [-0.1, -0.05) is 12.1 Å². The number of carbonyl (C=O) groups excluding carboxylic acids is 1. The number of carbonyl (C=O) groups is 1. The average molecular weight is 370 g/mol. The lowest BCUT2D eigenvalue weighted by molar-refractivity contribution is -0.123. The van der Waals surface area contributed by atoms with Gasteiger partial charge in [-0.05, 0) is 17.7 Å². The Bertz CT molecular complexity index is 1060. The second-order valence-electron chi connectivity index (χ2n) is 5.95. The standard InChI is InChI=1S/C17H18N6O4/c1-18-14-13-15-22-16(21-14)26-6-5-19-12(24)9-27-11-4-2-3-10(7-11)8-23(15)17(25)20-13/h2-4,7H,5-6,8-9H2,1H3,(H,19,24)(H,20,25)(H,18,21,22). The molecule has 1 aliphatic rings. The number of imidazole rings is 1. The van der Waals surface area contributed by atoms with Crippen LogP contribution in [0.3, 0.4) is 0 Å². The SMILES string of the molecule is CNc1nc2nc3c1[nH]c(=O)n3Cc1cccc(c1)OCC(=O)NCCO2. The summed E-state index contributed by atoms with van der Waals surface area (Å²) in [6.45, 7) is 0.634. The first kappa shape index (κ1) is 16.9. The summed E-state index contributed by atoms with van der Waals surface area (Å²) in [5, 5.41) is 5.64. The average Bonchev–Trinajstić information content (AvgIpc) is 2.98. The Kier molecular flexibility index (Phi) is 4.37. The van der Waals surface area contributed by atoms with E-state index in [-0.39, 0.29) is 43.9 Å². The first-order valence-corrected chi connectivity index (χ1v) is 8.43. The molecule has 10 heteroatoms. The van der Waals surface area contributed by atoms with E-state index in [0.717, 1.165) is 5.56 Å². The zero-order valence-electron chi connectivity index (χ0n) is 14.6. The summed E-state index contributed by atoms with van der Waals surface area (Å²) in [4.78, 5) is 35.7. The quantitative estimate of drug-likeness (QED) is 0.555. The lowest BCUT2D eigenvalue weighted by atomic mass is 10.2. The predicted octanol–water partition coefficient (Wildman–Crippen LogP) is 0.0970. The maximum atomic E-state index is 12.5. The Labute approximate surface area is 153 Å². The Morgan fingerprint density at radius 3 is 2.96 bits per heavy atom. The van der Waals surface area contributed by atoms with Crippen molar-refractivity contribution < 1.29 is 14.3 Å². The molecular weight excluding hydrogens is 352 g/mol. The van der Waals surface area contributed by atoms with Crippen molar-refractivity contribution in [2.24, 2.45) is 0 Å². The molecule has 140 valence electrons. The van der Waals surface area contributed by atoms with E-state index < -0.39 is 0 Å². The van der Waals surface area contributed by atoms with Crippen molar-refractivity contribution >= 4 is 22.9 Å². The second kappa shape index (κ2) is 6.98. The van der Waals surface area contributed by atoms with Gasteiger partial charge in [-0.25, -0.2) is 4.79 Å². The number of rotatable bonds is 1. The molecule has 0 saturated heterocycles. The van der Waals surface area contributed by atoms with E-state index in [1.54, 1.807) is 19.2 Å². The Morgan fingerprint density at radius 1 is 1.22 bits per heavy atom. The van der Waals surface area contributed by atoms with Crippen LogP contribution in [0.2, 0.25) is 0 Å². The number of hydrogen-bond donors (Lipinski definition) is 3. The van der Waals surface area contributed by atoms with Crippen molar-refractivity contribution in [1.82, 2.24) is 24.8 Å². The first-order chi connectivity index (χ1) is 13.1. The topological polar surface area (TPSA) is 123 Å². The van der Waals surface area contributed by atoms with Crippen LogP contribution in [0, 0.1) is 0 Å². The van der Waals surface area contributed by atoms with Crippen LogP contribution in [-0.2, 0) is 11.3 Å². The third-order valence-electron chi connectivity index (χ3n) is 4.10. The van der Waals surface area contributed by atoms with Crippen LogP contribution in [0.25, 0.3) is 11.2 Å². The van der Waals surface area contributed by atoms with Crippen LogP contribution >= 0.6 is 0 Å². The zero-order chi connectivity index (χ0) is 18.8. The Morgan fingerprint density at radius 2 is 2.11 bits per heavy atom. The van der Waals surface area contributed by atoms with E-state index in [1.807, 2.05) is 12.1 Å². The molecule has 0 fully saturated rings. The van der Waals surface area contributed by atoms with E-state index >= 15 is 0 Å². The van der Waals surface area contributed by atoms with Crippen LogP contribution in [0.4, 0.5) is 5.82 Å². The fourth-order valence-electron chi connectivity index (χ4n) is 2.85. The van der Waals surface area contributed by atoms with Crippen molar-refractivity contribution in [2.75, 3.05) is 32.1 Å². The fraction of sp³-hybridized carbons (Fsp3) is 0.294. The molecule has 27 heavy (non-hydrogen) atoms. The molecule has 0 aliphatic carbocycles. The van der Waals surface area contributed by atoms with Crippen molar-refractivity contribution in [3.05, 3.63) is 40.3 Å². The third kappa shape index (κ3) is 3.41. The predicted molar refractivity (Wildman–Crippen MR) is 97.2 cm³/mol. The zero-order valence-corrected chi connectivity index (χ0v) is 14.6. The summed E-state index contributed by atoms with van der Waals surface area (Å²) in [5.74, 6) is 0.748. The molecule has 1 amide bonds. The Balaban J connectivity index is 1.83. The molecule has 3 heterocycles. The number of aromatic nitrogens is 4. The second-order valence-corrected chi connectivity index (χ2v) is 5.95. The number of H-pyrrole nitrogens is 1. The molecule has 2 aromatic heterocycles. The van der Waals surface area contributed by atoms with Gasteiger partial charge in [0, 0.05) is 7.05 Å². The number of anilines is 1. The first-order valence-electron chi connectivity index (χ1n) is 8.43. The van der Waals surface area contributed by atoms with E-state index in [4.69, 9.17) is 9.47 Å². The van der Waals surface area contributed by atoms with Gasteiger partial charge in [0.05, 0.1) is 13.1 Å². The maximum absolute atomic E-state index is 12.5. The fourth-order valence-corrected chi connectivity index (χ4v) is 2.85. The van der Waals surface area contributed by atoms with E-state index in [9.17, 15) is 9.59 Å². The minimum atomic E-state index is -0.305. The van der Waals surface area contributed by atoms with Crippen LogP contribution in [0.5, 0.6) is 11.8 Å². The van der Waals surface area contributed by atoms with Gasteiger partial charge in [-0.15, -0.1) is 0 Å². The smallest absolute Gasteiger partial charge is 0.328 e. The minimum absolute atomic E-state index is 0.105. The molecular formula is C17H18N6O4. The number of benzene rings is 1. The molecule has 4 bridgehead atoms. The molecule has 0 atom stereocenters. The summed E-state index contributed by atoms with van der Waals surface area (Å²) < 4.78 is 12.6. The van der Waals surface area contributed by atoms with Gasteiger partial charge in [-0.3, -0.25) is 9.36 Å². The van der Waals surface area contributed by atoms with Crippen LogP contribution in [0.1, 0.15) is 5.56 Å². The number of hydrogen-bond acceptors (Lipinski definition) is 7. The summed E-state index contributed by atoms with van der Waals surface area (Å²) in [6, 6.07) is 7.34. The summed E-state index contributed by atoms with van der Waals surface area (Å²) in [7, 11) is 1.70. The summed E-state index contributed by atoms with van der Waals surface area (Å²) in [5.41, 5.74) is 1.46. The van der Waals surface area contributed by atoms with Crippen molar-refractivity contribution in [3.8, 4) is 11.8 Å². The van der Waals surface area contributed by atoms with Gasteiger partial charge < -0.3 is 25.1 Å². The lowest BCUT2D eigenvalue weighted by Gasteiger charge is -2.09. The maximum Gasteiger partial charge on any atom is 0.328 e. The van der Waals surface area contributed by atoms with Crippen molar-refractivity contribution in [3.63, 3.8) is 0 Å². The van der Waals surface area contributed by atoms with Crippen molar-refractivity contribution in [2.45, 2.75) is 6.54 Å². The number of fused-ring (bicyclic) bond motifs is 3. The van der Waals surface area contributed by atoms with Crippen LogP contribution in [0.15, 0.2) is 29.1 Å². The highest BCUT2D eigenvalue weighted by Crippen LogP contribution is 2.21. The van der Waals surface area contributed by atoms with Gasteiger partial charge in [-0.2, -0.15) is 9.97 Å². The van der Waals surface area contributed by atoms with E-state index in [1.165, 1.54) is 4.57 Å². The lowest BCUT2D eigenvalue weighted by Crippen LogP contribution is -2.32. The molecule has 0 spiro atoms. The highest BCUT2D eigenvalue weighted by molar-refractivity contribution is 5.83. The normalized spacial score (nSPS) is 14.6. The third-order valence-corrected chi connectivity index (χ3v) is 4.10. The molecule has 0 unspecified atom stereocenters.